The maximum absolute atomic E-state index is 11.9. The molecular weight excluding hydrogens is 266 g/mol. The van der Waals surface area contributed by atoms with Crippen molar-refractivity contribution in [3.05, 3.63) is 29.8 Å². The molecule has 5 heteroatoms. The van der Waals surface area contributed by atoms with Crippen molar-refractivity contribution in [3.63, 3.8) is 0 Å². The maximum Gasteiger partial charge on any atom is 0.251 e. The Bertz CT molecular complexity index is 486. The minimum absolute atomic E-state index is 0.133. The Balaban J connectivity index is 2.64. The van der Waals surface area contributed by atoms with Crippen LogP contribution < -0.4 is 16.4 Å². The van der Waals surface area contributed by atoms with Crippen LogP contribution in [-0.2, 0) is 4.79 Å². The van der Waals surface area contributed by atoms with E-state index in [1.165, 1.54) is 0 Å². The van der Waals surface area contributed by atoms with Crippen LogP contribution >= 0.6 is 0 Å². The smallest absolute Gasteiger partial charge is 0.251 e. The van der Waals surface area contributed by atoms with Gasteiger partial charge in [0.1, 0.15) is 0 Å². The zero-order chi connectivity index (χ0) is 15.8. The van der Waals surface area contributed by atoms with Crippen molar-refractivity contribution < 1.29 is 9.59 Å². The number of carbonyl (C=O) groups excluding carboxylic acids is 2. The summed E-state index contributed by atoms with van der Waals surface area (Å²) in [6.45, 7) is 6.60. The number of anilines is 1. The van der Waals surface area contributed by atoms with Crippen molar-refractivity contribution in [1.29, 1.82) is 0 Å². The number of hydrogen-bond acceptors (Lipinski definition) is 3. The SMILES string of the molecule is CCCNC(=O)c1cccc(NC(=O)CC(N)C(C)C)c1. The van der Waals surface area contributed by atoms with Crippen LogP contribution in [0.3, 0.4) is 0 Å². The van der Waals surface area contributed by atoms with Crippen LogP contribution in [0.4, 0.5) is 5.69 Å². The lowest BCUT2D eigenvalue weighted by Crippen LogP contribution is -2.31. The van der Waals surface area contributed by atoms with Gasteiger partial charge in [-0.05, 0) is 30.5 Å². The molecule has 4 N–H and O–H groups in total. The van der Waals surface area contributed by atoms with E-state index in [-0.39, 0.29) is 30.2 Å². The molecule has 2 amide bonds. The van der Waals surface area contributed by atoms with Crippen LogP contribution in [0.15, 0.2) is 24.3 Å². The van der Waals surface area contributed by atoms with E-state index in [0.29, 0.717) is 17.8 Å². The van der Waals surface area contributed by atoms with E-state index in [1.54, 1.807) is 24.3 Å². The van der Waals surface area contributed by atoms with E-state index in [1.807, 2.05) is 20.8 Å². The fraction of sp³-hybridized carbons (Fsp3) is 0.500. The molecule has 1 aromatic rings. The second kappa shape index (κ2) is 8.42. The highest BCUT2D eigenvalue weighted by Gasteiger charge is 2.13. The van der Waals surface area contributed by atoms with E-state index in [2.05, 4.69) is 10.6 Å². The van der Waals surface area contributed by atoms with E-state index in [4.69, 9.17) is 5.73 Å². The molecule has 0 aliphatic rings. The van der Waals surface area contributed by atoms with Gasteiger partial charge in [0.15, 0.2) is 0 Å². The molecule has 0 saturated heterocycles. The summed E-state index contributed by atoms with van der Waals surface area (Å²) >= 11 is 0. The Morgan fingerprint density at radius 3 is 2.62 bits per heavy atom. The van der Waals surface area contributed by atoms with Gasteiger partial charge in [0.25, 0.3) is 5.91 Å². The summed E-state index contributed by atoms with van der Waals surface area (Å²) in [6, 6.07) is 6.74. The molecule has 0 saturated carbocycles. The Kier molecular flexibility index (Phi) is 6.88. The van der Waals surface area contributed by atoms with E-state index < -0.39 is 0 Å². The van der Waals surface area contributed by atoms with Gasteiger partial charge in [0, 0.05) is 30.3 Å². The molecule has 1 atom stereocenters. The van der Waals surface area contributed by atoms with Crippen molar-refractivity contribution in [3.8, 4) is 0 Å². The minimum Gasteiger partial charge on any atom is -0.352 e. The molecule has 5 nitrogen and oxygen atoms in total. The summed E-state index contributed by atoms with van der Waals surface area (Å²) in [5.74, 6) is -0.0175. The van der Waals surface area contributed by atoms with Crippen LogP contribution in [0, 0.1) is 5.92 Å². The summed E-state index contributed by atoms with van der Waals surface area (Å²) in [7, 11) is 0. The highest BCUT2D eigenvalue weighted by atomic mass is 16.2. The first kappa shape index (κ1) is 17.2. The molecule has 0 aliphatic carbocycles. The van der Waals surface area contributed by atoms with E-state index in [9.17, 15) is 9.59 Å². The third-order valence-corrected chi connectivity index (χ3v) is 3.22. The quantitative estimate of drug-likeness (QED) is 0.719. The molecule has 0 aromatic heterocycles. The number of carbonyl (C=O) groups is 2. The molecule has 21 heavy (non-hydrogen) atoms. The summed E-state index contributed by atoms with van der Waals surface area (Å²) in [6.07, 6.45) is 1.15. The summed E-state index contributed by atoms with van der Waals surface area (Å²) in [5.41, 5.74) is 7.03. The number of rotatable bonds is 7. The van der Waals surface area contributed by atoms with Gasteiger partial charge in [-0.2, -0.15) is 0 Å². The summed E-state index contributed by atoms with van der Waals surface area (Å²) in [5, 5.41) is 5.58. The number of hydrogen-bond donors (Lipinski definition) is 3. The predicted octanol–water partition coefficient (Wildman–Crippen LogP) is 2.14. The maximum atomic E-state index is 11.9. The largest absolute Gasteiger partial charge is 0.352 e. The number of nitrogens with one attached hydrogen (secondary N) is 2. The Labute approximate surface area is 126 Å². The second-order valence-corrected chi connectivity index (χ2v) is 5.50. The molecule has 0 radical (unpaired) electrons. The van der Waals surface area contributed by atoms with Gasteiger partial charge in [0.05, 0.1) is 0 Å². The molecule has 1 aromatic carbocycles. The minimum atomic E-state index is -0.166. The van der Waals surface area contributed by atoms with Gasteiger partial charge in [-0.1, -0.05) is 26.8 Å². The molecule has 116 valence electrons. The molecule has 1 unspecified atom stereocenters. The summed E-state index contributed by atoms with van der Waals surface area (Å²) < 4.78 is 0. The zero-order valence-corrected chi connectivity index (χ0v) is 13.0. The van der Waals surface area contributed by atoms with Crippen molar-refractivity contribution in [2.45, 2.75) is 39.7 Å². The van der Waals surface area contributed by atoms with Gasteiger partial charge in [-0.25, -0.2) is 0 Å². The second-order valence-electron chi connectivity index (χ2n) is 5.50. The van der Waals surface area contributed by atoms with Crippen molar-refractivity contribution in [1.82, 2.24) is 5.32 Å². The van der Waals surface area contributed by atoms with Crippen LogP contribution in [0.1, 0.15) is 44.0 Å². The first-order valence-corrected chi connectivity index (χ1v) is 7.37. The lowest BCUT2D eigenvalue weighted by molar-refractivity contribution is -0.116. The normalized spacial score (nSPS) is 12.0. The predicted molar refractivity (Wildman–Crippen MR) is 85.1 cm³/mol. The molecular formula is C16H25N3O2. The number of amides is 2. The lowest BCUT2D eigenvalue weighted by atomic mass is 10.0. The Morgan fingerprint density at radius 2 is 2.00 bits per heavy atom. The van der Waals surface area contributed by atoms with Gasteiger partial charge in [-0.3, -0.25) is 9.59 Å². The zero-order valence-electron chi connectivity index (χ0n) is 13.0. The standard InChI is InChI=1S/C16H25N3O2/c1-4-8-18-16(21)12-6-5-7-13(9-12)19-15(20)10-14(17)11(2)3/h5-7,9,11,14H,4,8,10,17H2,1-3H3,(H,18,21)(H,19,20). The highest BCUT2D eigenvalue weighted by Crippen LogP contribution is 2.12. The van der Waals surface area contributed by atoms with E-state index >= 15 is 0 Å². The number of nitrogens with two attached hydrogens (primary N) is 1. The molecule has 0 spiro atoms. The van der Waals surface area contributed by atoms with Crippen LogP contribution in [0.5, 0.6) is 0 Å². The van der Waals surface area contributed by atoms with E-state index in [0.717, 1.165) is 6.42 Å². The van der Waals surface area contributed by atoms with Gasteiger partial charge in [-0.15, -0.1) is 0 Å². The highest BCUT2D eigenvalue weighted by molar-refractivity contribution is 5.97. The lowest BCUT2D eigenvalue weighted by Gasteiger charge is -2.15. The first-order valence-electron chi connectivity index (χ1n) is 7.37. The average Bonchev–Trinajstić information content (AvgIpc) is 2.44. The Morgan fingerprint density at radius 1 is 1.29 bits per heavy atom. The first-order chi connectivity index (χ1) is 9.93. The molecule has 0 fully saturated rings. The topological polar surface area (TPSA) is 84.2 Å². The fourth-order valence-corrected chi connectivity index (χ4v) is 1.74. The van der Waals surface area contributed by atoms with Crippen molar-refractivity contribution >= 4 is 17.5 Å². The van der Waals surface area contributed by atoms with Gasteiger partial charge >= 0.3 is 0 Å². The molecule has 1 rings (SSSR count). The Hall–Kier alpha value is -1.88. The number of benzene rings is 1. The molecule has 0 bridgehead atoms. The van der Waals surface area contributed by atoms with Crippen LogP contribution in [-0.4, -0.2) is 24.4 Å². The fourth-order valence-electron chi connectivity index (χ4n) is 1.74. The van der Waals surface area contributed by atoms with Crippen molar-refractivity contribution in [2.75, 3.05) is 11.9 Å². The average molecular weight is 291 g/mol. The molecule has 0 aliphatic heterocycles. The van der Waals surface area contributed by atoms with Gasteiger partial charge < -0.3 is 16.4 Å². The summed E-state index contributed by atoms with van der Waals surface area (Å²) in [4.78, 5) is 23.8. The van der Waals surface area contributed by atoms with Crippen LogP contribution in [0.25, 0.3) is 0 Å². The monoisotopic (exact) mass is 291 g/mol. The molecule has 0 heterocycles. The third kappa shape index (κ3) is 5.95. The van der Waals surface area contributed by atoms with Crippen LogP contribution in [0.2, 0.25) is 0 Å². The van der Waals surface area contributed by atoms with Crippen molar-refractivity contribution in [2.24, 2.45) is 11.7 Å². The third-order valence-electron chi connectivity index (χ3n) is 3.22. The van der Waals surface area contributed by atoms with Gasteiger partial charge in [0.2, 0.25) is 5.91 Å².